The van der Waals surface area contributed by atoms with Crippen LogP contribution in [0.3, 0.4) is 0 Å². The predicted molar refractivity (Wildman–Crippen MR) is 106 cm³/mol. The van der Waals surface area contributed by atoms with Crippen LogP contribution in [-0.4, -0.2) is 0 Å². The SMILES string of the molecule is C=C=C=C/C(C)=C/CCC(C(=C)C1=CC(C)C=C1)C1CCCCC1. The summed E-state index contributed by atoms with van der Waals surface area (Å²) >= 11 is 0. The van der Waals surface area contributed by atoms with Gasteiger partial charge in [-0.05, 0) is 79.7 Å². The minimum absolute atomic E-state index is 0.557. The van der Waals surface area contributed by atoms with Gasteiger partial charge in [0.15, 0.2) is 0 Å². The van der Waals surface area contributed by atoms with Crippen LogP contribution in [0.2, 0.25) is 0 Å². The highest BCUT2D eigenvalue weighted by Gasteiger charge is 2.27. The molecule has 1 saturated carbocycles. The van der Waals surface area contributed by atoms with Crippen molar-refractivity contribution < 1.29 is 0 Å². The lowest BCUT2D eigenvalue weighted by Crippen LogP contribution is -2.20. The molecule has 0 spiro atoms. The van der Waals surface area contributed by atoms with Crippen molar-refractivity contribution in [2.45, 2.75) is 58.8 Å². The van der Waals surface area contributed by atoms with Gasteiger partial charge in [0.05, 0.1) is 0 Å². The molecule has 0 amide bonds. The van der Waals surface area contributed by atoms with E-state index < -0.39 is 0 Å². The minimum Gasteiger partial charge on any atom is -0.0950 e. The molecule has 2 aliphatic rings. The maximum atomic E-state index is 4.52. The third-order valence-electron chi connectivity index (χ3n) is 5.40. The number of hydrogen-bond acceptors (Lipinski definition) is 0. The van der Waals surface area contributed by atoms with Gasteiger partial charge in [-0.15, -0.1) is 0 Å². The van der Waals surface area contributed by atoms with Crippen molar-refractivity contribution in [3.8, 4) is 0 Å². The van der Waals surface area contributed by atoms with Crippen LogP contribution < -0.4 is 0 Å². The molecule has 0 aromatic rings. The van der Waals surface area contributed by atoms with Gasteiger partial charge < -0.3 is 0 Å². The molecule has 0 saturated heterocycles. The summed E-state index contributed by atoms with van der Waals surface area (Å²) in [5.74, 6) is 1.99. The van der Waals surface area contributed by atoms with E-state index in [4.69, 9.17) is 0 Å². The first-order chi connectivity index (χ1) is 11.6. The molecule has 128 valence electrons. The van der Waals surface area contributed by atoms with Crippen molar-refractivity contribution >= 4 is 0 Å². The fraction of sp³-hybridized carbons (Fsp3) is 0.500. The average molecular weight is 321 g/mol. The summed E-state index contributed by atoms with van der Waals surface area (Å²) in [5, 5.41) is 0. The van der Waals surface area contributed by atoms with E-state index in [0.717, 1.165) is 12.3 Å². The Morgan fingerprint density at radius 3 is 2.71 bits per heavy atom. The molecule has 2 rings (SSSR count). The zero-order valence-corrected chi connectivity index (χ0v) is 15.5. The van der Waals surface area contributed by atoms with Gasteiger partial charge in [-0.25, -0.2) is 0 Å². The Hall–Kier alpha value is -1.74. The highest BCUT2D eigenvalue weighted by Crippen LogP contribution is 2.40. The standard InChI is InChI=1S/C24H32/c1-5-6-11-19(2)12-10-15-24(22-13-8-7-9-14-22)21(4)23-17-16-20(3)18-23/h11-12,16-18,20,22,24H,1,4,7-10,13-15H2,2-3H3/b19-12+. The maximum absolute atomic E-state index is 4.52. The lowest BCUT2D eigenvalue weighted by Gasteiger charge is -2.32. The van der Waals surface area contributed by atoms with Crippen LogP contribution in [0.15, 0.2) is 71.7 Å². The fourth-order valence-corrected chi connectivity index (χ4v) is 4.02. The van der Waals surface area contributed by atoms with Crippen LogP contribution in [0.25, 0.3) is 0 Å². The van der Waals surface area contributed by atoms with E-state index in [1.165, 1.54) is 55.2 Å². The molecule has 0 N–H and O–H groups in total. The predicted octanol–water partition coefficient (Wildman–Crippen LogP) is 7.09. The van der Waals surface area contributed by atoms with E-state index in [9.17, 15) is 0 Å². The lowest BCUT2D eigenvalue weighted by molar-refractivity contribution is 0.269. The van der Waals surface area contributed by atoms with E-state index >= 15 is 0 Å². The molecule has 0 heterocycles. The smallest absolute Gasteiger partial charge is 0.00695 e. The first kappa shape index (κ1) is 18.6. The molecular weight excluding hydrogens is 288 g/mol. The quantitative estimate of drug-likeness (QED) is 0.347. The second-order valence-corrected chi connectivity index (χ2v) is 7.36. The summed E-state index contributed by atoms with van der Waals surface area (Å²) in [6, 6.07) is 0. The van der Waals surface area contributed by atoms with E-state index in [-0.39, 0.29) is 0 Å². The summed E-state index contributed by atoms with van der Waals surface area (Å²) in [5.41, 5.74) is 9.61. The van der Waals surface area contributed by atoms with E-state index in [2.05, 4.69) is 62.8 Å². The van der Waals surface area contributed by atoms with Gasteiger partial charge in [-0.2, -0.15) is 0 Å². The molecule has 2 atom stereocenters. The largest absolute Gasteiger partial charge is 0.0950 e. The molecule has 2 aliphatic carbocycles. The van der Waals surface area contributed by atoms with Gasteiger partial charge in [-0.3, -0.25) is 0 Å². The summed E-state index contributed by atoms with van der Waals surface area (Å²) in [6.07, 6.45) is 20.5. The lowest BCUT2D eigenvalue weighted by atomic mass is 9.73. The first-order valence-corrected chi connectivity index (χ1v) is 9.48. The van der Waals surface area contributed by atoms with Crippen LogP contribution in [0.4, 0.5) is 0 Å². The third-order valence-corrected chi connectivity index (χ3v) is 5.40. The Bertz CT molecular complexity index is 606. The molecule has 0 radical (unpaired) electrons. The molecule has 0 aromatic carbocycles. The number of hydrogen-bond donors (Lipinski definition) is 0. The Morgan fingerprint density at radius 1 is 1.33 bits per heavy atom. The second-order valence-electron chi connectivity index (χ2n) is 7.36. The van der Waals surface area contributed by atoms with Gasteiger partial charge >= 0.3 is 0 Å². The molecule has 0 aliphatic heterocycles. The van der Waals surface area contributed by atoms with Crippen molar-refractivity contribution in [1.29, 1.82) is 0 Å². The molecule has 0 bridgehead atoms. The normalized spacial score (nSPS) is 22.5. The van der Waals surface area contributed by atoms with Crippen LogP contribution in [0.5, 0.6) is 0 Å². The van der Waals surface area contributed by atoms with E-state index in [0.29, 0.717) is 11.8 Å². The molecule has 0 nitrogen and oxygen atoms in total. The molecule has 2 unspecified atom stereocenters. The summed E-state index contributed by atoms with van der Waals surface area (Å²) in [4.78, 5) is 0. The minimum atomic E-state index is 0.557. The summed E-state index contributed by atoms with van der Waals surface area (Å²) in [6.45, 7) is 12.4. The molecule has 1 fully saturated rings. The first-order valence-electron chi connectivity index (χ1n) is 9.48. The topological polar surface area (TPSA) is 0 Å². The third kappa shape index (κ3) is 5.41. The van der Waals surface area contributed by atoms with Crippen LogP contribution >= 0.6 is 0 Å². The highest BCUT2D eigenvalue weighted by atomic mass is 14.3. The van der Waals surface area contributed by atoms with Crippen molar-refractivity contribution in [1.82, 2.24) is 0 Å². The average Bonchev–Trinajstić information content (AvgIpc) is 3.03. The Balaban J connectivity index is 2.06. The van der Waals surface area contributed by atoms with Crippen molar-refractivity contribution in [2.75, 3.05) is 0 Å². The molecule has 0 aromatic heterocycles. The Morgan fingerprint density at radius 2 is 2.08 bits per heavy atom. The van der Waals surface area contributed by atoms with Gasteiger partial charge in [-0.1, -0.05) is 68.5 Å². The molecular formula is C24H32. The summed E-state index contributed by atoms with van der Waals surface area (Å²) < 4.78 is 0. The van der Waals surface area contributed by atoms with Crippen LogP contribution in [-0.2, 0) is 0 Å². The highest BCUT2D eigenvalue weighted by molar-refractivity contribution is 5.44. The summed E-state index contributed by atoms with van der Waals surface area (Å²) in [7, 11) is 0. The van der Waals surface area contributed by atoms with Gasteiger partial charge in [0.25, 0.3) is 0 Å². The van der Waals surface area contributed by atoms with Gasteiger partial charge in [0.1, 0.15) is 0 Å². The van der Waals surface area contributed by atoms with Crippen LogP contribution in [0, 0.1) is 17.8 Å². The van der Waals surface area contributed by atoms with Gasteiger partial charge in [0, 0.05) is 0 Å². The van der Waals surface area contributed by atoms with Crippen molar-refractivity contribution in [2.24, 2.45) is 17.8 Å². The maximum Gasteiger partial charge on any atom is -0.00695 e. The van der Waals surface area contributed by atoms with Gasteiger partial charge in [0.2, 0.25) is 0 Å². The van der Waals surface area contributed by atoms with Crippen molar-refractivity contribution in [3.05, 3.63) is 71.7 Å². The van der Waals surface area contributed by atoms with E-state index in [1.54, 1.807) is 0 Å². The number of allylic oxidation sites excluding steroid dienone is 8. The molecule has 0 heteroatoms. The Labute approximate surface area is 148 Å². The van der Waals surface area contributed by atoms with Crippen molar-refractivity contribution in [3.63, 3.8) is 0 Å². The second kappa shape index (κ2) is 9.53. The zero-order chi connectivity index (χ0) is 17.4. The monoisotopic (exact) mass is 320 g/mol. The fourth-order valence-electron chi connectivity index (χ4n) is 4.02. The number of rotatable bonds is 7. The van der Waals surface area contributed by atoms with E-state index in [1.807, 2.05) is 6.08 Å². The Kier molecular flexibility index (Phi) is 7.38. The molecule has 24 heavy (non-hydrogen) atoms. The zero-order valence-electron chi connectivity index (χ0n) is 15.5. The van der Waals surface area contributed by atoms with Crippen LogP contribution in [0.1, 0.15) is 58.8 Å².